The Morgan fingerprint density at radius 1 is 1.27 bits per heavy atom. The van der Waals surface area contributed by atoms with Crippen LogP contribution in [0.2, 0.25) is 0 Å². The fraction of sp³-hybridized carbons (Fsp3) is 0.458. The van der Waals surface area contributed by atoms with Crippen LogP contribution < -0.4 is 10.2 Å². The number of anilines is 1. The van der Waals surface area contributed by atoms with E-state index >= 15 is 0 Å². The number of thiophene rings is 1. The Balaban J connectivity index is 1.64. The van der Waals surface area contributed by atoms with Gasteiger partial charge in [0, 0.05) is 4.88 Å². The van der Waals surface area contributed by atoms with E-state index in [1.807, 2.05) is 42.5 Å². The molecule has 1 atom stereocenters. The highest BCUT2D eigenvalue weighted by atomic mass is 32.1. The van der Waals surface area contributed by atoms with Crippen LogP contribution in [-0.4, -0.2) is 22.8 Å². The van der Waals surface area contributed by atoms with Gasteiger partial charge in [0.2, 0.25) is 0 Å². The first-order valence-corrected chi connectivity index (χ1v) is 11.4. The zero-order valence-corrected chi connectivity index (χ0v) is 19.3. The predicted octanol–water partition coefficient (Wildman–Crippen LogP) is 6.08. The maximum Gasteiger partial charge on any atom is 0.158 e. The van der Waals surface area contributed by atoms with Crippen LogP contribution in [0.25, 0.3) is 10.2 Å². The van der Waals surface area contributed by atoms with E-state index in [0.717, 1.165) is 45.9 Å². The van der Waals surface area contributed by atoms with Crippen molar-refractivity contribution in [3.05, 3.63) is 46.6 Å². The van der Waals surface area contributed by atoms with Crippen molar-refractivity contribution in [2.45, 2.75) is 53.4 Å². The molecule has 3 aromatic rings. The van der Waals surface area contributed by atoms with Crippen molar-refractivity contribution in [1.29, 1.82) is 0 Å². The van der Waals surface area contributed by atoms with Crippen LogP contribution in [0.4, 0.5) is 5.82 Å². The molecular weight excluding hydrogens is 392 g/mol. The van der Waals surface area contributed by atoms with E-state index in [9.17, 15) is 0 Å². The molecule has 30 heavy (non-hydrogen) atoms. The third kappa shape index (κ3) is 3.93. The van der Waals surface area contributed by atoms with Gasteiger partial charge in [-0.05, 0) is 72.9 Å². The van der Waals surface area contributed by atoms with Gasteiger partial charge < -0.3 is 4.74 Å². The third-order valence-electron chi connectivity index (χ3n) is 6.69. The Kier molecular flexibility index (Phi) is 5.78. The number of ether oxygens (including phenoxy) is 1. The predicted molar refractivity (Wildman–Crippen MR) is 126 cm³/mol. The largest absolute Gasteiger partial charge is 0.497 e. The number of aryl methyl sites for hydroxylation is 1. The van der Waals surface area contributed by atoms with E-state index < -0.39 is 0 Å². The van der Waals surface area contributed by atoms with Crippen LogP contribution in [0, 0.1) is 11.3 Å². The summed E-state index contributed by atoms with van der Waals surface area (Å²) in [5.41, 5.74) is 6.95. The molecule has 0 amide bonds. The highest BCUT2D eigenvalue weighted by Crippen LogP contribution is 2.45. The number of hydrogen-bond donors (Lipinski definition) is 1. The Morgan fingerprint density at radius 2 is 2.03 bits per heavy atom. The lowest BCUT2D eigenvalue weighted by molar-refractivity contribution is 0.184. The van der Waals surface area contributed by atoms with Crippen LogP contribution in [0.3, 0.4) is 0 Å². The van der Waals surface area contributed by atoms with Crippen LogP contribution in [-0.2, 0) is 12.8 Å². The average Bonchev–Trinajstić information content (AvgIpc) is 3.16. The Bertz CT molecular complexity index is 1070. The molecule has 1 aliphatic carbocycles. The minimum absolute atomic E-state index is 0.346. The second-order valence-corrected chi connectivity index (χ2v) is 9.81. The number of benzene rings is 1. The summed E-state index contributed by atoms with van der Waals surface area (Å²) >= 11 is 1.82. The summed E-state index contributed by atoms with van der Waals surface area (Å²) in [6.07, 6.45) is 6.32. The number of rotatable bonds is 6. The zero-order chi connectivity index (χ0) is 21.3. The lowest BCUT2D eigenvalue weighted by Crippen LogP contribution is -2.28. The molecular formula is C24H30N4OS. The van der Waals surface area contributed by atoms with Crippen molar-refractivity contribution in [3.8, 4) is 5.75 Å². The van der Waals surface area contributed by atoms with E-state index in [0.29, 0.717) is 11.3 Å². The number of nitrogens with one attached hydrogen (secondary N) is 1. The summed E-state index contributed by atoms with van der Waals surface area (Å²) in [6.45, 7) is 9.09. The second kappa shape index (κ2) is 8.34. The summed E-state index contributed by atoms with van der Waals surface area (Å²) in [4.78, 5) is 11.6. The molecule has 2 heterocycles. The van der Waals surface area contributed by atoms with Gasteiger partial charge in [0.15, 0.2) is 5.82 Å². The summed E-state index contributed by atoms with van der Waals surface area (Å²) < 4.78 is 5.24. The number of methoxy groups -OCH3 is 1. The van der Waals surface area contributed by atoms with Gasteiger partial charge in [0.05, 0.1) is 18.2 Å². The van der Waals surface area contributed by atoms with Gasteiger partial charge in [-0.3, -0.25) is 5.43 Å². The molecule has 0 saturated heterocycles. The molecule has 1 N–H and O–H groups in total. The van der Waals surface area contributed by atoms with Crippen molar-refractivity contribution in [3.63, 3.8) is 0 Å². The molecule has 0 spiro atoms. The molecule has 0 aliphatic heterocycles. The van der Waals surface area contributed by atoms with E-state index in [1.54, 1.807) is 13.4 Å². The van der Waals surface area contributed by atoms with Gasteiger partial charge in [0.25, 0.3) is 0 Å². The lowest BCUT2D eigenvalue weighted by Gasteiger charge is -2.36. The standard InChI is InChI=1S/C24H30N4OS/c1-6-24(3,4)17-9-12-20-19(13-17)21-22(25-14-26-23(21)30-20)28-27-15(2)16-7-10-18(29-5)11-8-16/h7-8,10-11,14,17H,6,9,12-13H2,1-5H3,(H,25,26,28)/b27-15-/t17-/m1/s1. The molecule has 1 aliphatic rings. The van der Waals surface area contributed by atoms with Crippen LogP contribution >= 0.6 is 11.3 Å². The number of nitrogens with zero attached hydrogens (tertiary/aromatic N) is 3. The molecule has 2 aromatic heterocycles. The van der Waals surface area contributed by atoms with Crippen molar-refractivity contribution in [1.82, 2.24) is 9.97 Å². The number of hydrazone groups is 1. The van der Waals surface area contributed by atoms with Gasteiger partial charge in [-0.25, -0.2) is 9.97 Å². The van der Waals surface area contributed by atoms with E-state index in [-0.39, 0.29) is 0 Å². The Hall–Kier alpha value is -2.47. The SMILES string of the molecule is CCC(C)(C)[C@@H]1CCc2sc3ncnc(N/N=C(/C)c4ccc(OC)cc4)c3c2C1. The minimum atomic E-state index is 0.346. The van der Waals surface area contributed by atoms with Gasteiger partial charge in [-0.15, -0.1) is 11.3 Å². The van der Waals surface area contributed by atoms with E-state index in [4.69, 9.17) is 4.74 Å². The topological polar surface area (TPSA) is 59.4 Å². The third-order valence-corrected chi connectivity index (χ3v) is 7.89. The number of fused-ring (bicyclic) bond motifs is 3. The van der Waals surface area contributed by atoms with Gasteiger partial charge >= 0.3 is 0 Å². The zero-order valence-electron chi connectivity index (χ0n) is 18.5. The molecule has 6 heteroatoms. The first-order valence-electron chi connectivity index (χ1n) is 10.6. The fourth-order valence-electron chi connectivity index (χ4n) is 4.18. The average molecular weight is 423 g/mol. The summed E-state index contributed by atoms with van der Waals surface area (Å²) in [7, 11) is 1.67. The number of hydrogen-bond acceptors (Lipinski definition) is 6. The van der Waals surface area contributed by atoms with Crippen LogP contribution in [0.15, 0.2) is 35.7 Å². The highest BCUT2D eigenvalue weighted by molar-refractivity contribution is 7.19. The Labute approximate surface area is 182 Å². The van der Waals surface area contributed by atoms with Crippen LogP contribution in [0.1, 0.15) is 56.5 Å². The smallest absolute Gasteiger partial charge is 0.158 e. The van der Waals surface area contributed by atoms with Crippen molar-refractivity contribution >= 4 is 33.1 Å². The molecule has 0 radical (unpaired) electrons. The maximum atomic E-state index is 5.24. The molecule has 158 valence electrons. The lowest BCUT2D eigenvalue weighted by atomic mass is 9.69. The molecule has 1 aromatic carbocycles. The summed E-state index contributed by atoms with van der Waals surface area (Å²) in [5.74, 6) is 2.33. The normalized spacial score (nSPS) is 17.1. The fourth-order valence-corrected chi connectivity index (χ4v) is 5.37. The number of aromatic nitrogens is 2. The molecule has 0 bridgehead atoms. The van der Waals surface area contributed by atoms with Gasteiger partial charge in [0.1, 0.15) is 16.9 Å². The summed E-state index contributed by atoms with van der Waals surface area (Å²) in [6, 6.07) is 7.92. The summed E-state index contributed by atoms with van der Waals surface area (Å²) in [5, 5.41) is 5.78. The Morgan fingerprint density at radius 3 is 2.73 bits per heavy atom. The first-order chi connectivity index (χ1) is 14.4. The van der Waals surface area contributed by atoms with Crippen LogP contribution in [0.5, 0.6) is 5.75 Å². The van der Waals surface area contributed by atoms with Crippen molar-refractivity contribution in [2.75, 3.05) is 12.5 Å². The second-order valence-electron chi connectivity index (χ2n) is 8.73. The highest BCUT2D eigenvalue weighted by Gasteiger charge is 2.33. The van der Waals surface area contributed by atoms with Crippen molar-refractivity contribution in [2.24, 2.45) is 16.4 Å². The van der Waals surface area contributed by atoms with E-state index in [1.165, 1.54) is 23.3 Å². The maximum absolute atomic E-state index is 5.24. The molecule has 0 fully saturated rings. The first kappa shape index (κ1) is 20.8. The van der Waals surface area contributed by atoms with Gasteiger partial charge in [-0.1, -0.05) is 27.2 Å². The quantitative estimate of drug-likeness (QED) is 0.386. The molecule has 0 saturated carbocycles. The van der Waals surface area contributed by atoms with Crippen molar-refractivity contribution < 1.29 is 4.74 Å². The van der Waals surface area contributed by atoms with E-state index in [2.05, 4.69) is 41.3 Å². The molecule has 0 unspecified atom stereocenters. The molecule has 5 nitrogen and oxygen atoms in total. The minimum Gasteiger partial charge on any atom is -0.497 e. The van der Waals surface area contributed by atoms with Gasteiger partial charge in [-0.2, -0.15) is 5.10 Å². The monoisotopic (exact) mass is 422 g/mol. The molecule has 4 rings (SSSR count).